The molecule has 190 valence electrons. The number of aryl methyl sites for hydroxylation is 2. The van der Waals surface area contributed by atoms with E-state index in [0.717, 1.165) is 40.0 Å². The summed E-state index contributed by atoms with van der Waals surface area (Å²) in [6.07, 6.45) is 9.01. The first kappa shape index (κ1) is 25.7. The Hall–Kier alpha value is -4.94. The first-order valence-corrected chi connectivity index (χ1v) is 13.1. The number of benzene rings is 4. The summed E-state index contributed by atoms with van der Waals surface area (Å²) in [6, 6.07) is 37.4. The summed E-state index contributed by atoms with van der Waals surface area (Å²) in [5, 5.41) is 10.1. The van der Waals surface area contributed by atoms with Crippen LogP contribution in [0.25, 0.3) is 11.6 Å². The van der Waals surface area contributed by atoms with Crippen molar-refractivity contribution in [1.82, 2.24) is 0 Å². The maximum Gasteiger partial charge on any atom is 0.135 e. The predicted octanol–water partition coefficient (Wildman–Crippen LogP) is 8.91. The predicted molar refractivity (Wildman–Crippen MR) is 161 cm³/mol. The summed E-state index contributed by atoms with van der Waals surface area (Å²) in [4.78, 5) is 14.6. The lowest BCUT2D eigenvalue weighted by Crippen LogP contribution is -2.23. The minimum absolute atomic E-state index is 0.429. The molecule has 0 fully saturated rings. The molecule has 0 aromatic heterocycles. The Morgan fingerprint density at radius 2 is 1.33 bits per heavy atom. The largest absolute Gasteiger partial charge is 0.311 e. The van der Waals surface area contributed by atoms with E-state index in [4.69, 9.17) is 0 Å². The first-order valence-electron chi connectivity index (χ1n) is 13.1. The van der Waals surface area contributed by atoms with E-state index >= 15 is 0 Å². The average molecular weight is 507 g/mol. The molecule has 5 rings (SSSR count). The molecule has 0 saturated heterocycles. The summed E-state index contributed by atoms with van der Waals surface area (Å²) in [5.41, 5.74) is 8.04. The van der Waals surface area contributed by atoms with Gasteiger partial charge in [0.2, 0.25) is 0 Å². The summed E-state index contributed by atoms with van der Waals surface area (Å²) in [6.45, 7) is 4.17. The van der Waals surface area contributed by atoms with Gasteiger partial charge in [-0.3, -0.25) is 0 Å². The lowest BCUT2D eigenvalue weighted by molar-refractivity contribution is -0.112. The smallest absolute Gasteiger partial charge is 0.135 e. The molecule has 0 N–H and O–H groups in total. The van der Waals surface area contributed by atoms with Gasteiger partial charge in [0.05, 0.1) is 11.5 Å². The van der Waals surface area contributed by atoms with Crippen LogP contribution < -0.4 is 4.90 Å². The molecular weight excluding hydrogens is 476 g/mol. The van der Waals surface area contributed by atoms with E-state index in [1.807, 2.05) is 66.8 Å². The topological polar surface area (TPSA) is 44.1 Å². The Bertz CT molecular complexity index is 1540. The Balaban J connectivity index is 1.45. The Morgan fingerprint density at radius 1 is 0.795 bits per heavy atom. The number of hydrogen-bond acceptors (Lipinski definition) is 3. The second-order valence-electron chi connectivity index (χ2n) is 9.99. The highest BCUT2D eigenvalue weighted by Crippen LogP contribution is 2.39. The van der Waals surface area contributed by atoms with E-state index in [2.05, 4.69) is 85.5 Å². The number of hydrogen-bond donors (Lipinski definition) is 0. The van der Waals surface area contributed by atoms with Crippen LogP contribution in [0.4, 0.5) is 17.1 Å². The molecule has 4 aromatic carbocycles. The monoisotopic (exact) mass is 506 g/mol. The number of anilines is 3. The molecule has 1 aliphatic carbocycles. The van der Waals surface area contributed by atoms with Crippen molar-refractivity contribution in [1.29, 1.82) is 5.26 Å². The molecule has 0 spiro atoms. The third-order valence-electron chi connectivity index (χ3n) is 7.21. The molecule has 1 aliphatic rings. The van der Waals surface area contributed by atoms with Gasteiger partial charge in [0.15, 0.2) is 0 Å². The molecule has 0 aliphatic heterocycles. The van der Waals surface area contributed by atoms with E-state index in [0.29, 0.717) is 12.0 Å². The number of carbonyl (C=O) groups excluding carboxylic acids is 1. The number of carbonyl (C=O) groups is 1. The SMILES string of the molecule is Cc1ccc(N(c2ccc(C)cc2)c2ccc(/C=C(\C#N)C3(C=O)C=CC(c4ccccc4)=CC3)cc2)cc1. The van der Waals surface area contributed by atoms with Crippen LogP contribution in [0, 0.1) is 30.6 Å². The van der Waals surface area contributed by atoms with Gasteiger partial charge in [-0.15, -0.1) is 0 Å². The van der Waals surface area contributed by atoms with Crippen LogP contribution in [-0.4, -0.2) is 6.29 Å². The summed E-state index contributed by atoms with van der Waals surface area (Å²) < 4.78 is 0. The number of allylic oxidation sites excluding steroid dienone is 5. The summed E-state index contributed by atoms with van der Waals surface area (Å²) in [7, 11) is 0. The maximum atomic E-state index is 12.3. The molecule has 3 nitrogen and oxygen atoms in total. The first-order chi connectivity index (χ1) is 19.0. The van der Waals surface area contributed by atoms with Crippen LogP contribution in [0.3, 0.4) is 0 Å². The van der Waals surface area contributed by atoms with Crippen LogP contribution in [0.2, 0.25) is 0 Å². The molecule has 0 heterocycles. The van der Waals surface area contributed by atoms with Crippen LogP contribution in [-0.2, 0) is 4.79 Å². The highest BCUT2D eigenvalue weighted by atomic mass is 16.1. The van der Waals surface area contributed by atoms with Gasteiger partial charge in [-0.05, 0) is 79.4 Å². The van der Waals surface area contributed by atoms with Crippen LogP contribution in [0.15, 0.2) is 127 Å². The van der Waals surface area contributed by atoms with Crippen LogP contribution in [0.5, 0.6) is 0 Å². The molecule has 4 aromatic rings. The highest BCUT2D eigenvalue weighted by molar-refractivity contribution is 5.83. The average Bonchev–Trinajstić information content (AvgIpc) is 2.99. The van der Waals surface area contributed by atoms with E-state index in [1.54, 1.807) is 0 Å². The molecule has 39 heavy (non-hydrogen) atoms. The lowest BCUT2D eigenvalue weighted by atomic mass is 9.74. The molecule has 0 radical (unpaired) electrons. The second-order valence-corrected chi connectivity index (χ2v) is 9.99. The zero-order valence-corrected chi connectivity index (χ0v) is 22.2. The number of aldehydes is 1. The van der Waals surface area contributed by atoms with Crippen molar-refractivity contribution in [3.8, 4) is 6.07 Å². The van der Waals surface area contributed by atoms with E-state index in [1.165, 1.54) is 11.1 Å². The summed E-state index contributed by atoms with van der Waals surface area (Å²) in [5.74, 6) is 0. The standard InChI is InChI=1S/C36H30N2O/c1-27-8-14-33(15-9-27)38(34-16-10-28(2)11-17-34)35-18-12-29(13-19-35)24-32(25-37)36(26-39)22-20-31(21-23-36)30-6-4-3-5-7-30/h3-22,24,26H,23H2,1-2H3/b32-24+. The molecule has 1 unspecified atom stereocenters. The Labute approximate surface area is 230 Å². The van der Waals surface area contributed by atoms with Crippen molar-refractivity contribution in [2.45, 2.75) is 20.3 Å². The zero-order valence-electron chi connectivity index (χ0n) is 22.2. The molecule has 0 saturated carbocycles. The van der Waals surface area contributed by atoms with Gasteiger partial charge in [-0.1, -0.05) is 96.1 Å². The maximum absolute atomic E-state index is 12.3. The highest BCUT2D eigenvalue weighted by Gasteiger charge is 2.33. The fraction of sp³-hybridized carbons (Fsp3) is 0.111. The molecule has 3 heteroatoms. The quantitative estimate of drug-likeness (QED) is 0.186. The van der Waals surface area contributed by atoms with Gasteiger partial charge in [-0.2, -0.15) is 5.26 Å². The second kappa shape index (κ2) is 11.2. The van der Waals surface area contributed by atoms with Crippen LogP contribution >= 0.6 is 0 Å². The molecular formula is C36H30N2O. The number of rotatable bonds is 7. The van der Waals surface area contributed by atoms with E-state index < -0.39 is 5.41 Å². The van der Waals surface area contributed by atoms with Gasteiger partial charge < -0.3 is 9.69 Å². The van der Waals surface area contributed by atoms with E-state index in [9.17, 15) is 10.1 Å². The third-order valence-corrected chi connectivity index (χ3v) is 7.21. The van der Waals surface area contributed by atoms with Crippen molar-refractivity contribution in [2.75, 3.05) is 4.90 Å². The molecule has 0 bridgehead atoms. The van der Waals surface area contributed by atoms with Gasteiger partial charge in [0.25, 0.3) is 0 Å². The fourth-order valence-corrected chi connectivity index (χ4v) is 4.84. The zero-order chi connectivity index (χ0) is 27.2. The normalized spacial score (nSPS) is 16.7. The summed E-state index contributed by atoms with van der Waals surface area (Å²) >= 11 is 0. The van der Waals surface area contributed by atoms with Crippen molar-refractivity contribution < 1.29 is 4.79 Å². The Morgan fingerprint density at radius 3 is 1.79 bits per heavy atom. The van der Waals surface area contributed by atoms with Gasteiger partial charge in [0.1, 0.15) is 6.29 Å². The molecule has 0 amide bonds. The van der Waals surface area contributed by atoms with Crippen molar-refractivity contribution >= 4 is 35.0 Å². The van der Waals surface area contributed by atoms with Gasteiger partial charge in [-0.25, -0.2) is 0 Å². The van der Waals surface area contributed by atoms with E-state index in [-0.39, 0.29) is 0 Å². The lowest BCUT2D eigenvalue weighted by Gasteiger charge is -2.27. The van der Waals surface area contributed by atoms with Gasteiger partial charge >= 0.3 is 0 Å². The minimum Gasteiger partial charge on any atom is -0.311 e. The number of nitrogens with zero attached hydrogens (tertiary/aromatic N) is 2. The Kier molecular flexibility index (Phi) is 7.39. The van der Waals surface area contributed by atoms with Crippen molar-refractivity contribution in [3.63, 3.8) is 0 Å². The van der Waals surface area contributed by atoms with Crippen molar-refractivity contribution in [3.05, 3.63) is 149 Å². The minimum atomic E-state index is -0.971. The molecule has 1 atom stereocenters. The number of nitriles is 1. The third kappa shape index (κ3) is 5.51. The fourth-order valence-electron chi connectivity index (χ4n) is 4.84. The van der Waals surface area contributed by atoms with Crippen LogP contribution in [0.1, 0.15) is 28.7 Å². The van der Waals surface area contributed by atoms with Gasteiger partial charge in [0, 0.05) is 22.6 Å². The van der Waals surface area contributed by atoms with Crippen molar-refractivity contribution in [2.24, 2.45) is 5.41 Å².